The largest absolute Gasteiger partial charge is 0.480 e. The number of hydrogen-bond donors (Lipinski definition) is 2. The van der Waals surface area contributed by atoms with Crippen LogP contribution >= 0.6 is 0 Å². The van der Waals surface area contributed by atoms with Crippen LogP contribution in [0.4, 0.5) is 0 Å². The van der Waals surface area contributed by atoms with Crippen molar-refractivity contribution in [3.63, 3.8) is 0 Å². The first-order valence-corrected chi connectivity index (χ1v) is 8.08. The van der Waals surface area contributed by atoms with Gasteiger partial charge in [0, 0.05) is 6.07 Å². The summed E-state index contributed by atoms with van der Waals surface area (Å²) in [5, 5.41) is 9.08. The molecule has 0 amide bonds. The quantitative estimate of drug-likeness (QED) is 0.748. The maximum absolute atomic E-state index is 12.1. The highest BCUT2D eigenvalue weighted by Gasteiger charge is 2.26. The number of aromatic nitrogens is 1. The third-order valence-electron chi connectivity index (χ3n) is 2.61. The monoisotopic (exact) mass is 316 g/mol. The molecule has 0 aliphatic heterocycles. The molecule has 1 rings (SSSR count). The van der Waals surface area contributed by atoms with E-state index in [-0.39, 0.29) is 17.2 Å². The first-order valence-electron chi connectivity index (χ1n) is 6.60. The molecule has 8 heteroatoms. The number of aliphatic carboxylic acids is 1. The maximum Gasteiger partial charge on any atom is 0.321 e. The molecule has 1 atom stereocenters. The molecule has 2 N–H and O–H groups in total. The van der Waals surface area contributed by atoms with E-state index in [1.54, 1.807) is 6.92 Å². The van der Waals surface area contributed by atoms with Gasteiger partial charge in [0.25, 0.3) is 0 Å². The molecule has 0 radical (unpaired) electrons. The van der Waals surface area contributed by atoms with Crippen molar-refractivity contribution in [3.05, 3.63) is 18.3 Å². The maximum atomic E-state index is 12.1. The van der Waals surface area contributed by atoms with Gasteiger partial charge in [-0.2, -0.15) is 4.72 Å². The van der Waals surface area contributed by atoms with E-state index in [1.165, 1.54) is 12.1 Å². The van der Waals surface area contributed by atoms with E-state index >= 15 is 0 Å². The van der Waals surface area contributed by atoms with E-state index in [4.69, 9.17) is 9.84 Å². The minimum absolute atomic E-state index is 0.0484. The molecule has 1 heterocycles. The van der Waals surface area contributed by atoms with Crippen molar-refractivity contribution >= 4 is 16.0 Å². The van der Waals surface area contributed by atoms with Gasteiger partial charge in [-0.25, -0.2) is 13.4 Å². The van der Waals surface area contributed by atoms with Crippen LogP contribution in [0.25, 0.3) is 0 Å². The number of ether oxygens (including phenoxy) is 1. The summed E-state index contributed by atoms with van der Waals surface area (Å²) >= 11 is 0. The van der Waals surface area contributed by atoms with Crippen molar-refractivity contribution in [2.45, 2.75) is 38.1 Å². The second-order valence-corrected chi connectivity index (χ2v) is 6.62. The van der Waals surface area contributed by atoms with E-state index in [9.17, 15) is 13.2 Å². The van der Waals surface area contributed by atoms with Crippen molar-refractivity contribution in [2.75, 3.05) is 6.61 Å². The number of carboxylic acid groups (broad SMARTS) is 1. The van der Waals surface area contributed by atoms with Crippen LogP contribution in [-0.4, -0.2) is 37.1 Å². The number of carboxylic acids is 1. The van der Waals surface area contributed by atoms with Crippen LogP contribution in [-0.2, 0) is 14.8 Å². The summed E-state index contributed by atoms with van der Waals surface area (Å²) in [6, 6.07) is 1.59. The molecule has 0 aromatic carbocycles. The lowest BCUT2D eigenvalue weighted by atomic mass is 10.1. The van der Waals surface area contributed by atoms with Crippen LogP contribution in [0.3, 0.4) is 0 Å². The van der Waals surface area contributed by atoms with Crippen molar-refractivity contribution in [2.24, 2.45) is 5.92 Å². The highest BCUT2D eigenvalue weighted by atomic mass is 32.2. The molecule has 0 aliphatic rings. The van der Waals surface area contributed by atoms with Gasteiger partial charge in [0.05, 0.1) is 12.8 Å². The molecule has 0 spiro atoms. The summed E-state index contributed by atoms with van der Waals surface area (Å²) in [5.41, 5.74) is 0. The van der Waals surface area contributed by atoms with Gasteiger partial charge < -0.3 is 9.84 Å². The minimum Gasteiger partial charge on any atom is -0.480 e. The molecule has 0 aliphatic carbocycles. The van der Waals surface area contributed by atoms with Crippen LogP contribution in [0.15, 0.2) is 23.2 Å². The Kier molecular flexibility index (Phi) is 6.10. The number of nitrogens with one attached hydrogen (secondary N) is 1. The Hall–Kier alpha value is -1.67. The first kappa shape index (κ1) is 17.4. The van der Waals surface area contributed by atoms with E-state index in [0.29, 0.717) is 12.5 Å². The average Bonchev–Trinajstić information content (AvgIpc) is 2.38. The highest BCUT2D eigenvalue weighted by molar-refractivity contribution is 7.89. The summed E-state index contributed by atoms with van der Waals surface area (Å²) in [4.78, 5) is 14.9. The summed E-state index contributed by atoms with van der Waals surface area (Å²) < 4.78 is 31.6. The molecule has 0 saturated heterocycles. The smallest absolute Gasteiger partial charge is 0.321 e. The topological polar surface area (TPSA) is 106 Å². The normalized spacial score (nSPS) is 13.1. The van der Waals surface area contributed by atoms with Gasteiger partial charge in [-0.1, -0.05) is 13.8 Å². The summed E-state index contributed by atoms with van der Waals surface area (Å²) in [6.45, 7) is 5.86. The zero-order valence-electron chi connectivity index (χ0n) is 12.2. The molecule has 1 aromatic heterocycles. The molecule has 1 aromatic rings. The van der Waals surface area contributed by atoms with Gasteiger partial charge >= 0.3 is 5.97 Å². The lowest BCUT2D eigenvalue weighted by Gasteiger charge is -2.16. The fourth-order valence-electron chi connectivity index (χ4n) is 1.69. The van der Waals surface area contributed by atoms with Gasteiger partial charge in [0.1, 0.15) is 10.9 Å². The van der Waals surface area contributed by atoms with Gasteiger partial charge in [0.2, 0.25) is 15.9 Å². The zero-order valence-corrected chi connectivity index (χ0v) is 13.1. The van der Waals surface area contributed by atoms with E-state index in [2.05, 4.69) is 9.71 Å². The van der Waals surface area contributed by atoms with Crippen molar-refractivity contribution < 1.29 is 23.1 Å². The molecule has 0 bridgehead atoms. The number of pyridine rings is 1. The van der Waals surface area contributed by atoms with Gasteiger partial charge in [-0.3, -0.25) is 4.79 Å². The summed E-state index contributed by atoms with van der Waals surface area (Å²) in [7, 11) is -3.93. The fraction of sp³-hybridized carbons (Fsp3) is 0.538. The van der Waals surface area contributed by atoms with Crippen LogP contribution in [0.2, 0.25) is 0 Å². The van der Waals surface area contributed by atoms with Gasteiger partial charge in [-0.15, -0.1) is 0 Å². The predicted octanol–water partition coefficient (Wildman–Crippen LogP) is 1.26. The van der Waals surface area contributed by atoms with E-state index in [1.807, 2.05) is 13.8 Å². The Balaban J connectivity index is 2.91. The SMILES string of the molecule is CCOc1ccc(S(=O)(=O)NC(CC(C)C)C(=O)O)cn1. The Morgan fingerprint density at radius 1 is 1.43 bits per heavy atom. The van der Waals surface area contributed by atoms with Crippen LogP contribution in [0.5, 0.6) is 5.88 Å². The number of nitrogens with zero attached hydrogens (tertiary/aromatic N) is 1. The van der Waals surface area contributed by atoms with E-state index < -0.39 is 22.0 Å². The first-order chi connectivity index (χ1) is 9.76. The second-order valence-electron chi connectivity index (χ2n) is 4.91. The number of carbonyl (C=O) groups is 1. The highest BCUT2D eigenvalue weighted by Crippen LogP contribution is 2.14. The lowest BCUT2D eigenvalue weighted by molar-refractivity contribution is -0.139. The van der Waals surface area contributed by atoms with Crippen molar-refractivity contribution in [1.82, 2.24) is 9.71 Å². The Labute approximate surface area is 124 Å². The van der Waals surface area contributed by atoms with Crippen LogP contribution in [0, 0.1) is 5.92 Å². The molecule has 7 nitrogen and oxygen atoms in total. The van der Waals surface area contributed by atoms with E-state index in [0.717, 1.165) is 6.20 Å². The molecule has 118 valence electrons. The fourth-order valence-corrected chi connectivity index (χ4v) is 2.83. The Morgan fingerprint density at radius 2 is 2.10 bits per heavy atom. The van der Waals surface area contributed by atoms with Crippen LogP contribution in [0.1, 0.15) is 27.2 Å². The molecular weight excluding hydrogens is 296 g/mol. The molecule has 21 heavy (non-hydrogen) atoms. The number of hydrogen-bond acceptors (Lipinski definition) is 5. The summed E-state index contributed by atoms with van der Waals surface area (Å²) in [6.07, 6.45) is 1.35. The Bertz CT molecular complexity index is 569. The Morgan fingerprint density at radius 3 is 2.52 bits per heavy atom. The average molecular weight is 316 g/mol. The molecule has 0 saturated carbocycles. The summed E-state index contributed by atoms with van der Waals surface area (Å²) in [5.74, 6) is -0.841. The third-order valence-corrected chi connectivity index (χ3v) is 4.07. The van der Waals surface area contributed by atoms with Crippen molar-refractivity contribution in [1.29, 1.82) is 0 Å². The van der Waals surface area contributed by atoms with Crippen LogP contribution < -0.4 is 9.46 Å². The molecule has 0 fully saturated rings. The molecule has 1 unspecified atom stereocenters. The predicted molar refractivity (Wildman–Crippen MR) is 76.6 cm³/mol. The second kappa shape index (κ2) is 7.37. The van der Waals surface area contributed by atoms with Crippen molar-refractivity contribution in [3.8, 4) is 5.88 Å². The molecular formula is C13H20N2O5S. The minimum atomic E-state index is -3.93. The van der Waals surface area contributed by atoms with Gasteiger partial charge in [-0.05, 0) is 25.3 Å². The zero-order chi connectivity index (χ0) is 16.0. The van der Waals surface area contributed by atoms with Gasteiger partial charge in [0.15, 0.2) is 0 Å². The standard InChI is InChI=1S/C13H20N2O5S/c1-4-20-12-6-5-10(8-14-12)21(18,19)15-11(13(16)17)7-9(2)3/h5-6,8-9,11,15H,4,7H2,1-3H3,(H,16,17). The lowest BCUT2D eigenvalue weighted by Crippen LogP contribution is -2.41. The number of rotatable bonds is 8. The third kappa shape index (κ3) is 5.31. The number of sulfonamides is 1.